The first-order chi connectivity index (χ1) is 9.29. The molecule has 0 aromatic heterocycles. The molecule has 106 valence electrons. The third-order valence-corrected chi connectivity index (χ3v) is 5.48. The molecule has 0 atom stereocenters. The zero-order chi connectivity index (χ0) is 14.9. The molecule has 0 saturated carbocycles. The number of rotatable bonds is 3. The van der Waals surface area contributed by atoms with Crippen molar-refractivity contribution in [1.82, 2.24) is 0 Å². The molecule has 2 aromatic rings. The van der Waals surface area contributed by atoms with Crippen LogP contribution in [0.15, 0.2) is 45.8 Å². The van der Waals surface area contributed by atoms with Crippen molar-refractivity contribution < 1.29 is 13.5 Å². The summed E-state index contributed by atoms with van der Waals surface area (Å²) in [4.78, 5) is 0.105. The van der Waals surface area contributed by atoms with Gasteiger partial charge in [-0.3, -0.25) is 4.72 Å². The van der Waals surface area contributed by atoms with Gasteiger partial charge in [0, 0.05) is 10.2 Å². The van der Waals surface area contributed by atoms with E-state index in [9.17, 15) is 13.5 Å². The average molecular weight is 356 g/mol. The van der Waals surface area contributed by atoms with Crippen LogP contribution in [0.3, 0.4) is 0 Å². The first-order valence-corrected chi connectivity index (χ1v) is 8.16. The Balaban J connectivity index is 2.36. The van der Waals surface area contributed by atoms with Crippen molar-refractivity contribution in [2.24, 2.45) is 0 Å². The number of aryl methyl sites for hydroxylation is 2. The summed E-state index contributed by atoms with van der Waals surface area (Å²) in [7, 11) is -3.65. The maximum atomic E-state index is 12.2. The van der Waals surface area contributed by atoms with Crippen LogP contribution in [0.2, 0.25) is 0 Å². The van der Waals surface area contributed by atoms with E-state index in [-0.39, 0.29) is 10.6 Å². The van der Waals surface area contributed by atoms with Crippen molar-refractivity contribution in [3.05, 3.63) is 52.0 Å². The van der Waals surface area contributed by atoms with Crippen LogP contribution in [0.25, 0.3) is 0 Å². The summed E-state index contributed by atoms with van der Waals surface area (Å²) < 4.78 is 27.9. The molecule has 2 aromatic carbocycles. The van der Waals surface area contributed by atoms with Crippen molar-refractivity contribution in [2.45, 2.75) is 18.7 Å². The molecule has 20 heavy (non-hydrogen) atoms. The van der Waals surface area contributed by atoms with Gasteiger partial charge in [-0.05, 0) is 61.4 Å². The molecule has 0 radical (unpaired) electrons. The molecular weight excluding hydrogens is 342 g/mol. The number of aromatic hydroxyl groups is 1. The van der Waals surface area contributed by atoms with E-state index in [0.29, 0.717) is 5.69 Å². The molecule has 0 bridgehead atoms. The maximum absolute atomic E-state index is 12.2. The Morgan fingerprint density at radius 3 is 2.05 bits per heavy atom. The minimum atomic E-state index is -3.65. The molecule has 0 amide bonds. The Bertz CT molecular complexity index is 717. The molecular formula is C14H14BrNO3S. The molecule has 0 fully saturated rings. The van der Waals surface area contributed by atoms with Gasteiger partial charge in [0.2, 0.25) is 0 Å². The second kappa shape index (κ2) is 5.46. The van der Waals surface area contributed by atoms with Gasteiger partial charge in [-0.15, -0.1) is 0 Å². The Kier molecular flexibility index (Phi) is 4.06. The van der Waals surface area contributed by atoms with Gasteiger partial charge in [0.15, 0.2) is 0 Å². The molecule has 0 aliphatic heterocycles. The summed E-state index contributed by atoms with van der Waals surface area (Å²) in [6.07, 6.45) is 0. The van der Waals surface area contributed by atoms with Crippen molar-refractivity contribution >= 4 is 31.6 Å². The van der Waals surface area contributed by atoms with Gasteiger partial charge in [-0.25, -0.2) is 8.42 Å². The van der Waals surface area contributed by atoms with Crippen molar-refractivity contribution in [2.75, 3.05) is 4.72 Å². The van der Waals surface area contributed by atoms with Gasteiger partial charge < -0.3 is 5.11 Å². The van der Waals surface area contributed by atoms with Gasteiger partial charge in [0.05, 0.1) is 4.90 Å². The molecule has 6 heteroatoms. The van der Waals surface area contributed by atoms with Crippen LogP contribution in [-0.2, 0) is 10.0 Å². The maximum Gasteiger partial charge on any atom is 0.261 e. The molecule has 4 nitrogen and oxygen atoms in total. The molecule has 0 aliphatic carbocycles. The van der Waals surface area contributed by atoms with Crippen LogP contribution in [-0.4, -0.2) is 13.5 Å². The molecule has 0 spiro atoms. The molecule has 0 heterocycles. The number of phenolic OH excluding ortho intramolecular Hbond substituents is 1. The number of sulfonamides is 1. The zero-order valence-corrected chi connectivity index (χ0v) is 13.4. The summed E-state index contributed by atoms with van der Waals surface area (Å²) in [5.41, 5.74) is 2.41. The zero-order valence-electron chi connectivity index (χ0n) is 11.0. The summed E-state index contributed by atoms with van der Waals surface area (Å²) in [6.45, 7) is 3.80. The fraction of sp³-hybridized carbons (Fsp3) is 0.143. The normalized spacial score (nSPS) is 11.3. The largest absolute Gasteiger partial charge is 0.508 e. The highest BCUT2D eigenvalue weighted by atomic mass is 79.9. The Labute approximate surface area is 126 Å². The van der Waals surface area contributed by atoms with E-state index in [1.807, 2.05) is 13.8 Å². The van der Waals surface area contributed by atoms with E-state index in [2.05, 4.69) is 20.7 Å². The van der Waals surface area contributed by atoms with Crippen LogP contribution in [0.1, 0.15) is 11.1 Å². The van der Waals surface area contributed by atoms with E-state index in [1.54, 1.807) is 12.1 Å². The van der Waals surface area contributed by atoms with E-state index in [1.165, 1.54) is 24.3 Å². The second-order valence-electron chi connectivity index (χ2n) is 4.52. The van der Waals surface area contributed by atoms with Crippen molar-refractivity contribution in [3.8, 4) is 5.75 Å². The number of benzene rings is 2. The molecule has 2 rings (SSSR count). The summed E-state index contributed by atoms with van der Waals surface area (Å²) in [5.74, 6) is 0.0271. The van der Waals surface area contributed by atoms with E-state index < -0.39 is 10.0 Å². The van der Waals surface area contributed by atoms with E-state index in [0.717, 1.165) is 15.6 Å². The van der Waals surface area contributed by atoms with E-state index >= 15 is 0 Å². The average Bonchev–Trinajstić information content (AvgIpc) is 2.36. The first kappa shape index (κ1) is 14.9. The number of nitrogens with one attached hydrogen (secondary N) is 1. The quantitative estimate of drug-likeness (QED) is 0.884. The van der Waals surface area contributed by atoms with Gasteiger partial charge in [-0.1, -0.05) is 15.9 Å². The van der Waals surface area contributed by atoms with Crippen molar-refractivity contribution in [1.29, 1.82) is 0 Å². The predicted octanol–water partition coefficient (Wildman–Crippen LogP) is 3.57. The Morgan fingerprint density at radius 1 is 1.05 bits per heavy atom. The lowest BCUT2D eigenvalue weighted by atomic mass is 10.1. The lowest BCUT2D eigenvalue weighted by Crippen LogP contribution is -2.13. The minimum Gasteiger partial charge on any atom is -0.508 e. The number of hydrogen-bond donors (Lipinski definition) is 2. The van der Waals surface area contributed by atoms with Crippen molar-refractivity contribution in [3.63, 3.8) is 0 Å². The standard InChI is InChI=1S/C14H14BrNO3S/c1-9-7-11(8-10(2)14(9)15)16-20(18,19)13-5-3-12(17)4-6-13/h3-8,16-17H,1-2H3. The highest BCUT2D eigenvalue weighted by molar-refractivity contribution is 9.10. The Morgan fingerprint density at radius 2 is 1.55 bits per heavy atom. The lowest BCUT2D eigenvalue weighted by Gasteiger charge is -2.11. The topological polar surface area (TPSA) is 66.4 Å². The molecule has 0 aliphatic rings. The summed E-state index contributed by atoms with van der Waals surface area (Å²) in [6, 6.07) is 8.91. The summed E-state index contributed by atoms with van der Waals surface area (Å²) in [5, 5.41) is 9.20. The lowest BCUT2D eigenvalue weighted by molar-refractivity contribution is 0.475. The molecule has 0 saturated heterocycles. The third-order valence-electron chi connectivity index (χ3n) is 2.84. The fourth-order valence-electron chi connectivity index (χ4n) is 1.84. The highest BCUT2D eigenvalue weighted by Gasteiger charge is 2.15. The number of anilines is 1. The van der Waals surface area contributed by atoms with E-state index in [4.69, 9.17) is 0 Å². The minimum absolute atomic E-state index is 0.0271. The monoisotopic (exact) mass is 355 g/mol. The number of phenols is 1. The van der Waals surface area contributed by atoms with Gasteiger partial charge in [0.25, 0.3) is 10.0 Å². The second-order valence-corrected chi connectivity index (χ2v) is 7.00. The first-order valence-electron chi connectivity index (χ1n) is 5.88. The van der Waals surface area contributed by atoms with Gasteiger partial charge >= 0.3 is 0 Å². The molecule has 0 unspecified atom stereocenters. The van der Waals surface area contributed by atoms with Crippen LogP contribution in [0.5, 0.6) is 5.75 Å². The SMILES string of the molecule is Cc1cc(NS(=O)(=O)c2ccc(O)cc2)cc(C)c1Br. The van der Waals surface area contributed by atoms with Gasteiger partial charge in [-0.2, -0.15) is 0 Å². The fourth-order valence-corrected chi connectivity index (χ4v) is 3.11. The number of hydrogen-bond acceptors (Lipinski definition) is 3. The van der Waals surface area contributed by atoms with Crippen LogP contribution in [0, 0.1) is 13.8 Å². The van der Waals surface area contributed by atoms with Crippen LogP contribution in [0.4, 0.5) is 5.69 Å². The van der Waals surface area contributed by atoms with Gasteiger partial charge in [0.1, 0.15) is 5.75 Å². The molecule has 2 N–H and O–H groups in total. The Hall–Kier alpha value is -1.53. The smallest absolute Gasteiger partial charge is 0.261 e. The van der Waals surface area contributed by atoms with Crippen LogP contribution < -0.4 is 4.72 Å². The summed E-state index contributed by atoms with van der Waals surface area (Å²) >= 11 is 3.44. The number of halogens is 1. The van der Waals surface area contributed by atoms with Crippen LogP contribution >= 0.6 is 15.9 Å². The predicted molar refractivity (Wildman–Crippen MR) is 82.5 cm³/mol. The highest BCUT2D eigenvalue weighted by Crippen LogP contribution is 2.26. The third kappa shape index (κ3) is 3.13.